The maximum Gasteiger partial charge on any atom is 0.250 e. The highest BCUT2D eigenvalue weighted by Gasteiger charge is 2.21. The maximum absolute atomic E-state index is 12.1. The zero-order valence-corrected chi connectivity index (χ0v) is 14.1. The van der Waals surface area contributed by atoms with E-state index in [-0.39, 0.29) is 0 Å². The second kappa shape index (κ2) is 6.26. The summed E-state index contributed by atoms with van der Waals surface area (Å²) < 4.78 is 28.3. The Morgan fingerprint density at radius 3 is 2.67 bits per heavy atom. The molecule has 1 aromatic rings. The predicted octanol–water partition coefficient (Wildman–Crippen LogP) is 3.24. The van der Waals surface area contributed by atoms with Gasteiger partial charge in [0.1, 0.15) is 4.21 Å². The molecule has 1 aromatic heterocycles. The zero-order valence-electron chi connectivity index (χ0n) is 10.1. The molecule has 0 radical (unpaired) electrons. The predicted molar refractivity (Wildman–Crippen MR) is 82.0 cm³/mol. The molecular formula is C11H16BrNO2S3. The van der Waals surface area contributed by atoms with Crippen LogP contribution in [-0.4, -0.2) is 26.5 Å². The van der Waals surface area contributed by atoms with Gasteiger partial charge in [0.05, 0.1) is 3.79 Å². The van der Waals surface area contributed by atoms with Gasteiger partial charge in [-0.05, 0) is 64.7 Å². The van der Waals surface area contributed by atoms with Crippen molar-refractivity contribution in [3.63, 3.8) is 0 Å². The molecule has 0 saturated carbocycles. The fourth-order valence-electron chi connectivity index (χ4n) is 1.81. The number of hydrogen-bond acceptors (Lipinski definition) is 4. The first-order valence-electron chi connectivity index (χ1n) is 5.82. The van der Waals surface area contributed by atoms with Crippen LogP contribution in [-0.2, 0) is 10.0 Å². The summed E-state index contributed by atoms with van der Waals surface area (Å²) in [4.78, 5) is 0. The van der Waals surface area contributed by atoms with Crippen molar-refractivity contribution < 1.29 is 8.42 Å². The molecule has 3 nitrogen and oxygen atoms in total. The smallest absolute Gasteiger partial charge is 0.210 e. The van der Waals surface area contributed by atoms with Gasteiger partial charge in [-0.2, -0.15) is 11.8 Å². The van der Waals surface area contributed by atoms with Crippen molar-refractivity contribution in [2.75, 3.05) is 18.1 Å². The molecule has 1 saturated heterocycles. The molecule has 0 bridgehead atoms. The lowest BCUT2D eigenvalue weighted by Gasteiger charge is -2.21. The minimum absolute atomic E-state index is 0.400. The van der Waals surface area contributed by atoms with Gasteiger partial charge in [-0.15, -0.1) is 11.3 Å². The number of aryl methyl sites for hydroxylation is 1. The number of thioether (sulfide) groups is 1. The Labute approximate surface area is 125 Å². The van der Waals surface area contributed by atoms with Gasteiger partial charge in [-0.3, -0.25) is 0 Å². The Kier molecular flexibility index (Phi) is 5.16. The van der Waals surface area contributed by atoms with Crippen LogP contribution < -0.4 is 4.72 Å². The van der Waals surface area contributed by atoms with Crippen LogP contribution in [0.4, 0.5) is 0 Å². The molecule has 2 heterocycles. The molecule has 7 heteroatoms. The SMILES string of the molecule is Cc1cc(S(=O)(=O)NCC2CCSCC2)sc1Br. The molecule has 0 atom stereocenters. The second-order valence-corrected chi connectivity index (χ2v) is 10.0. The maximum atomic E-state index is 12.1. The van der Waals surface area contributed by atoms with E-state index < -0.39 is 10.0 Å². The van der Waals surface area contributed by atoms with Gasteiger partial charge in [-0.25, -0.2) is 13.1 Å². The van der Waals surface area contributed by atoms with Gasteiger partial charge >= 0.3 is 0 Å². The summed E-state index contributed by atoms with van der Waals surface area (Å²) in [7, 11) is -3.33. The summed E-state index contributed by atoms with van der Waals surface area (Å²) in [5, 5.41) is 0. The largest absolute Gasteiger partial charge is 0.250 e. The molecule has 2 rings (SSSR count). The molecular weight excluding hydrogens is 354 g/mol. The summed E-state index contributed by atoms with van der Waals surface area (Å²) in [5.41, 5.74) is 0.967. The highest BCUT2D eigenvalue weighted by atomic mass is 79.9. The van der Waals surface area contributed by atoms with Gasteiger partial charge in [0, 0.05) is 6.54 Å². The minimum Gasteiger partial charge on any atom is -0.210 e. The highest BCUT2D eigenvalue weighted by Crippen LogP contribution is 2.30. The quantitative estimate of drug-likeness (QED) is 0.885. The molecule has 102 valence electrons. The Bertz CT molecular complexity index is 487. The molecule has 0 aliphatic carbocycles. The van der Waals surface area contributed by atoms with Crippen LogP contribution in [0.5, 0.6) is 0 Å². The van der Waals surface area contributed by atoms with Crippen molar-refractivity contribution in [2.45, 2.75) is 24.0 Å². The van der Waals surface area contributed by atoms with E-state index in [0.29, 0.717) is 16.7 Å². The van der Waals surface area contributed by atoms with Crippen LogP contribution in [0.25, 0.3) is 0 Å². The average Bonchev–Trinajstić information content (AvgIpc) is 2.70. The van der Waals surface area contributed by atoms with E-state index in [0.717, 1.165) is 33.7 Å². The van der Waals surface area contributed by atoms with E-state index in [4.69, 9.17) is 0 Å². The normalized spacial score (nSPS) is 18.1. The molecule has 0 aromatic carbocycles. The van der Waals surface area contributed by atoms with Gasteiger partial charge in [0.15, 0.2) is 0 Å². The monoisotopic (exact) mass is 369 g/mol. The first-order chi connectivity index (χ1) is 8.49. The Hall–Kier alpha value is 0.440. The lowest BCUT2D eigenvalue weighted by molar-refractivity contribution is 0.477. The third kappa shape index (κ3) is 3.72. The number of rotatable bonds is 4. The molecule has 1 aliphatic heterocycles. The highest BCUT2D eigenvalue weighted by molar-refractivity contribution is 9.11. The Balaban J connectivity index is 1.98. The lowest BCUT2D eigenvalue weighted by atomic mass is 10.0. The van der Waals surface area contributed by atoms with E-state index in [1.54, 1.807) is 6.07 Å². The summed E-state index contributed by atoms with van der Waals surface area (Å²) in [6, 6.07) is 1.72. The fourth-order valence-corrected chi connectivity index (χ4v) is 6.40. The van der Waals surface area contributed by atoms with Gasteiger partial charge in [0.25, 0.3) is 0 Å². The molecule has 18 heavy (non-hydrogen) atoms. The summed E-state index contributed by atoms with van der Waals surface area (Å²) in [6.45, 7) is 2.47. The standard InChI is InChI=1S/C11H16BrNO2S3/c1-8-6-10(17-11(8)12)18(14,15)13-7-9-2-4-16-5-3-9/h6,9,13H,2-5,7H2,1H3. The first kappa shape index (κ1) is 14.8. The number of nitrogens with one attached hydrogen (secondary N) is 1. The third-order valence-corrected chi connectivity index (χ3v) is 8.08. The van der Waals surface area contributed by atoms with Crippen LogP contribution in [0.1, 0.15) is 18.4 Å². The van der Waals surface area contributed by atoms with Crippen molar-refractivity contribution in [1.29, 1.82) is 0 Å². The summed E-state index contributed by atoms with van der Waals surface area (Å²) in [6.07, 6.45) is 2.22. The molecule has 1 N–H and O–H groups in total. The van der Waals surface area contributed by atoms with E-state index in [1.165, 1.54) is 11.3 Å². The molecule has 1 aliphatic rings. The fraction of sp³-hybridized carbons (Fsp3) is 0.636. The second-order valence-electron chi connectivity index (χ2n) is 4.43. The summed E-state index contributed by atoms with van der Waals surface area (Å²) >= 11 is 6.58. The van der Waals surface area contributed by atoms with Crippen LogP contribution in [0.15, 0.2) is 14.1 Å². The zero-order chi connectivity index (χ0) is 13.2. The molecule has 0 unspecified atom stereocenters. The van der Waals surface area contributed by atoms with E-state index >= 15 is 0 Å². The Morgan fingerprint density at radius 2 is 2.11 bits per heavy atom. The number of hydrogen-bond donors (Lipinski definition) is 1. The third-order valence-electron chi connectivity index (χ3n) is 3.00. The average molecular weight is 370 g/mol. The van der Waals surface area contributed by atoms with Crippen LogP contribution >= 0.6 is 39.0 Å². The van der Waals surface area contributed by atoms with Crippen molar-refractivity contribution in [3.05, 3.63) is 15.4 Å². The van der Waals surface area contributed by atoms with Crippen LogP contribution in [0.3, 0.4) is 0 Å². The number of sulfonamides is 1. The number of halogens is 1. The molecule has 1 fully saturated rings. The van der Waals surface area contributed by atoms with Crippen molar-refractivity contribution in [2.24, 2.45) is 5.92 Å². The van der Waals surface area contributed by atoms with Crippen molar-refractivity contribution in [3.8, 4) is 0 Å². The number of thiophene rings is 1. The van der Waals surface area contributed by atoms with E-state index in [1.807, 2.05) is 18.7 Å². The van der Waals surface area contributed by atoms with Crippen LogP contribution in [0, 0.1) is 12.8 Å². The minimum atomic E-state index is -3.33. The van der Waals surface area contributed by atoms with E-state index in [2.05, 4.69) is 20.7 Å². The van der Waals surface area contributed by atoms with Gasteiger partial charge in [-0.1, -0.05) is 0 Å². The molecule has 0 spiro atoms. The first-order valence-corrected chi connectivity index (χ1v) is 10.1. The van der Waals surface area contributed by atoms with Crippen molar-refractivity contribution >= 4 is 49.1 Å². The molecule has 0 amide bonds. The van der Waals surface area contributed by atoms with Gasteiger partial charge < -0.3 is 0 Å². The van der Waals surface area contributed by atoms with E-state index in [9.17, 15) is 8.42 Å². The Morgan fingerprint density at radius 1 is 1.44 bits per heavy atom. The topological polar surface area (TPSA) is 46.2 Å². The van der Waals surface area contributed by atoms with Crippen molar-refractivity contribution in [1.82, 2.24) is 4.72 Å². The van der Waals surface area contributed by atoms with Gasteiger partial charge in [0.2, 0.25) is 10.0 Å². The van der Waals surface area contributed by atoms with Crippen LogP contribution in [0.2, 0.25) is 0 Å². The lowest BCUT2D eigenvalue weighted by Crippen LogP contribution is -2.30. The summed E-state index contributed by atoms with van der Waals surface area (Å²) in [5.74, 6) is 2.79.